The Morgan fingerprint density at radius 1 is 1.50 bits per heavy atom. The van der Waals surface area contributed by atoms with Crippen molar-refractivity contribution >= 4 is 27.3 Å². The number of benzene rings is 1. The number of hydrogen-bond acceptors (Lipinski definition) is 3. The third-order valence-corrected chi connectivity index (χ3v) is 3.58. The summed E-state index contributed by atoms with van der Waals surface area (Å²) < 4.78 is 0.920. The number of aryl methyl sites for hydroxylation is 1. The van der Waals surface area contributed by atoms with Crippen molar-refractivity contribution in [2.24, 2.45) is 0 Å². The fourth-order valence-electron chi connectivity index (χ4n) is 1.36. The van der Waals surface area contributed by atoms with Crippen molar-refractivity contribution in [3.8, 4) is 0 Å². The minimum atomic E-state index is -0.301. The lowest BCUT2D eigenvalue weighted by molar-refractivity contribution is 0.219. The normalized spacial score (nSPS) is 14.6. The first-order valence-electron chi connectivity index (χ1n) is 5.36. The van der Waals surface area contributed by atoms with E-state index in [0.717, 1.165) is 27.8 Å². The van der Waals surface area contributed by atoms with Crippen molar-refractivity contribution in [2.75, 3.05) is 17.7 Å². The fraction of sp³-hybridized carbons (Fsp3) is 0.500. The molecule has 0 aliphatic carbocycles. The Morgan fingerprint density at radius 3 is 2.62 bits per heavy atom. The smallest absolute Gasteiger partial charge is 0.0658 e. The molecule has 0 saturated heterocycles. The average molecular weight is 287 g/mol. The van der Waals surface area contributed by atoms with Gasteiger partial charge in [0.05, 0.1) is 12.1 Å². The van der Waals surface area contributed by atoms with E-state index < -0.39 is 0 Å². The molecule has 1 rings (SSSR count). The summed E-state index contributed by atoms with van der Waals surface area (Å²) in [4.78, 5) is 0. The monoisotopic (exact) mass is 286 g/mol. The number of nitrogen functional groups attached to an aromatic ring is 1. The largest absolute Gasteiger partial charge is 0.398 e. The maximum absolute atomic E-state index is 9.36. The molecule has 0 aliphatic heterocycles. The van der Waals surface area contributed by atoms with E-state index in [-0.39, 0.29) is 12.1 Å². The summed E-state index contributed by atoms with van der Waals surface area (Å²) in [6, 6.07) is 3.87. The summed E-state index contributed by atoms with van der Waals surface area (Å²) in [5.74, 6) is 0. The maximum Gasteiger partial charge on any atom is 0.0658 e. The SMILES string of the molecule is CCC(C)(CO)Nc1cc(C)c(N)cc1Br. The third kappa shape index (κ3) is 2.89. The number of anilines is 2. The van der Waals surface area contributed by atoms with Gasteiger partial charge < -0.3 is 16.2 Å². The van der Waals surface area contributed by atoms with Gasteiger partial charge in [0.15, 0.2) is 0 Å². The van der Waals surface area contributed by atoms with Gasteiger partial charge in [0.2, 0.25) is 0 Å². The molecule has 1 unspecified atom stereocenters. The van der Waals surface area contributed by atoms with Crippen molar-refractivity contribution in [1.29, 1.82) is 0 Å². The van der Waals surface area contributed by atoms with Gasteiger partial charge in [-0.05, 0) is 53.9 Å². The Hall–Kier alpha value is -0.740. The Labute approximate surface area is 105 Å². The molecule has 3 nitrogen and oxygen atoms in total. The van der Waals surface area contributed by atoms with E-state index in [1.165, 1.54) is 0 Å². The summed E-state index contributed by atoms with van der Waals surface area (Å²) in [7, 11) is 0. The number of rotatable bonds is 4. The van der Waals surface area contributed by atoms with Crippen molar-refractivity contribution in [3.63, 3.8) is 0 Å². The molecule has 0 aromatic heterocycles. The van der Waals surface area contributed by atoms with E-state index in [4.69, 9.17) is 5.73 Å². The van der Waals surface area contributed by atoms with Crippen LogP contribution in [0.15, 0.2) is 16.6 Å². The molecule has 90 valence electrons. The highest BCUT2D eigenvalue weighted by Crippen LogP contribution is 2.30. The van der Waals surface area contributed by atoms with Crippen molar-refractivity contribution in [3.05, 3.63) is 22.2 Å². The molecule has 4 heteroatoms. The highest BCUT2D eigenvalue weighted by atomic mass is 79.9. The summed E-state index contributed by atoms with van der Waals surface area (Å²) in [6.07, 6.45) is 0.847. The minimum Gasteiger partial charge on any atom is -0.398 e. The van der Waals surface area contributed by atoms with Crippen LogP contribution in [-0.2, 0) is 0 Å². The lowest BCUT2D eigenvalue weighted by Crippen LogP contribution is -2.38. The molecule has 0 fully saturated rings. The number of hydrogen-bond donors (Lipinski definition) is 3. The Morgan fingerprint density at radius 2 is 2.12 bits per heavy atom. The molecule has 1 atom stereocenters. The highest BCUT2D eigenvalue weighted by Gasteiger charge is 2.21. The van der Waals surface area contributed by atoms with Crippen LogP contribution in [-0.4, -0.2) is 17.3 Å². The fourth-order valence-corrected chi connectivity index (χ4v) is 1.82. The number of nitrogens with one attached hydrogen (secondary N) is 1. The maximum atomic E-state index is 9.36. The summed E-state index contributed by atoms with van der Waals surface area (Å²) >= 11 is 3.47. The molecule has 16 heavy (non-hydrogen) atoms. The van der Waals surface area contributed by atoms with Gasteiger partial charge in [0.1, 0.15) is 0 Å². The number of aliphatic hydroxyl groups excluding tert-OH is 1. The zero-order valence-electron chi connectivity index (χ0n) is 9.97. The average Bonchev–Trinajstić information content (AvgIpc) is 2.25. The first-order chi connectivity index (χ1) is 7.41. The van der Waals surface area contributed by atoms with Gasteiger partial charge >= 0.3 is 0 Å². The molecular formula is C12H19BrN2O. The van der Waals surface area contributed by atoms with E-state index in [0.29, 0.717) is 0 Å². The zero-order valence-corrected chi connectivity index (χ0v) is 11.6. The van der Waals surface area contributed by atoms with Gasteiger partial charge in [0.25, 0.3) is 0 Å². The van der Waals surface area contributed by atoms with Gasteiger partial charge in [0, 0.05) is 15.8 Å². The molecule has 0 spiro atoms. The summed E-state index contributed by atoms with van der Waals surface area (Å²) in [5, 5.41) is 12.7. The molecule has 0 saturated carbocycles. The Kier molecular flexibility index (Phi) is 4.21. The zero-order chi connectivity index (χ0) is 12.3. The second kappa shape index (κ2) is 5.06. The molecule has 4 N–H and O–H groups in total. The van der Waals surface area contributed by atoms with Crippen molar-refractivity contribution in [2.45, 2.75) is 32.7 Å². The van der Waals surface area contributed by atoms with Crippen LogP contribution in [0.2, 0.25) is 0 Å². The molecular weight excluding hydrogens is 268 g/mol. The summed E-state index contributed by atoms with van der Waals surface area (Å²) in [5.41, 5.74) is 8.27. The minimum absolute atomic E-state index is 0.0966. The van der Waals surface area contributed by atoms with Crippen LogP contribution in [0.4, 0.5) is 11.4 Å². The van der Waals surface area contributed by atoms with Gasteiger partial charge in [-0.1, -0.05) is 6.92 Å². The Bertz CT molecular complexity index is 376. The molecule has 0 amide bonds. The lowest BCUT2D eigenvalue weighted by Gasteiger charge is -2.29. The standard InChI is InChI=1S/C12H19BrN2O/c1-4-12(3,7-16)15-11-5-8(2)10(14)6-9(11)13/h5-6,15-16H,4,7,14H2,1-3H3. The van der Waals surface area contributed by atoms with Crippen LogP contribution in [0.25, 0.3) is 0 Å². The second-order valence-corrected chi connectivity index (χ2v) is 5.24. The topological polar surface area (TPSA) is 58.3 Å². The molecule has 0 aliphatic rings. The molecule has 0 radical (unpaired) electrons. The molecule has 1 aromatic rings. The van der Waals surface area contributed by atoms with Gasteiger partial charge in [-0.2, -0.15) is 0 Å². The van der Waals surface area contributed by atoms with Crippen LogP contribution in [0.1, 0.15) is 25.8 Å². The number of halogens is 1. The van der Waals surface area contributed by atoms with E-state index in [1.807, 2.05) is 32.9 Å². The van der Waals surface area contributed by atoms with Crippen LogP contribution < -0.4 is 11.1 Å². The van der Waals surface area contributed by atoms with Crippen LogP contribution in [0.3, 0.4) is 0 Å². The highest BCUT2D eigenvalue weighted by molar-refractivity contribution is 9.10. The van der Waals surface area contributed by atoms with Gasteiger partial charge in [-0.3, -0.25) is 0 Å². The molecule has 0 heterocycles. The van der Waals surface area contributed by atoms with Crippen LogP contribution in [0, 0.1) is 6.92 Å². The molecule has 1 aromatic carbocycles. The first-order valence-corrected chi connectivity index (χ1v) is 6.16. The predicted molar refractivity (Wildman–Crippen MR) is 72.7 cm³/mol. The van der Waals surface area contributed by atoms with Gasteiger partial charge in [-0.15, -0.1) is 0 Å². The van der Waals surface area contributed by atoms with Crippen molar-refractivity contribution in [1.82, 2.24) is 0 Å². The van der Waals surface area contributed by atoms with E-state index >= 15 is 0 Å². The third-order valence-electron chi connectivity index (χ3n) is 2.92. The summed E-state index contributed by atoms with van der Waals surface area (Å²) in [6.45, 7) is 6.10. The van der Waals surface area contributed by atoms with Crippen molar-refractivity contribution < 1.29 is 5.11 Å². The molecule has 0 bridgehead atoms. The number of aliphatic hydroxyl groups is 1. The Balaban J connectivity index is 3.01. The van der Waals surface area contributed by atoms with Crippen LogP contribution in [0.5, 0.6) is 0 Å². The number of nitrogens with two attached hydrogens (primary N) is 1. The van der Waals surface area contributed by atoms with E-state index in [2.05, 4.69) is 21.2 Å². The van der Waals surface area contributed by atoms with Gasteiger partial charge in [-0.25, -0.2) is 0 Å². The second-order valence-electron chi connectivity index (χ2n) is 4.39. The van der Waals surface area contributed by atoms with E-state index in [9.17, 15) is 5.11 Å². The van der Waals surface area contributed by atoms with E-state index in [1.54, 1.807) is 0 Å². The predicted octanol–water partition coefficient (Wildman–Crippen LogP) is 2.91. The van der Waals surface area contributed by atoms with Crippen LogP contribution >= 0.6 is 15.9 Å². The first kappa shape index (κ1) is 13.3. The lowest BCUT2D eigenvalue weighted by atomic mass is 9.99. The quantitative estimate of drug-likeness (QED) is 0.746.